The number of aromatic nitrogens is 2. The van der Waals surface area contributed by atoms with Gasteiger partial charge in [-0.05, 0) is 27.7 Å². The topological polar surface area (TPSA) is 93.1 Å². The zero-order chi connectivity index (χ0) is 18.2. The highest BCUT2D eigenvalue weighted by atomic mass is 32.2. The van der Waals surface area contributed by atoms with Crippen molar-refractivity contribution in [2.75, 3.05) is 5.32 Å². The lowest BCUT2D eigenvalue weighted by molar-refractivity contribution is -0.117. The predicted octanol–water partition coefficient (Wildman–Crippen LogP) is 1.76. The quantitative estimate of drug-likeness (QED) is 0.851. The van der Waals surface area contributed by atoms with Crippen LogP contribution in [0.1, 0.15) is 54.2 Å². The van der Waals surface area contributed by atoms with Gasteiger partial charge in [-0.15, -0.1) is 0 Å². The minimum Gasteiger partial charge on any atom is -0.309 e. The van der Waals surface area contributed by atoms with Crippen molar-refractivity contribution in [3.63, 3.8) is 0 Å². The molecule has 0 bridgehead atoms. The summed E-state index contributed by atoms with van der Waals surface area (Å²) in [5.74, 6) is -0.137. The molecule has 0 aromatic carbocycles. The van der Waals surface area contributed by atoms with Gasteiger partial charge >= 0.3 is 0 Å². The molecule has 0 aliphatic carbocycles. The molecular formula is C15H28N4O3S. The second kappa shape index (κ2) is 6.24. The van der Waals surface area contributed by atoms with Gasteiger partial charge in [0.25, 0.3) is 0 Å². The van der Waals surface area contributed by atoms with Crippen LogP contribution in [-0.2, 0) is 27.3 Å². The predicted molar refractivity (Wildman–Crippen MR) is 91.8 cm³/mol. The summed E-state index contributed by atoms with van der Waals surface area (Å²) in [6.45, 7) is 12.2. The number of anilines is 1. The van der Waals surface area contributed by atoms with Gasteiger partial charge in [0.15, 0.2) is 4.75 Å². The van der Waals surface area contributed by atoms with E-state index in [4.69, 9.17) is 0 Å². The minimum absolute atomic E-state index is 0.165. The fourth-order valence-corrected chi connectivity index (χ4v) is 3.01. The number of carbonyl (C=O) groups is 1. The molecule has 1 heterocycles. The summed E-state index contributed by atoms with van der Waals surface area (Å²) in [4.78, 5) is 12.5. The van der Waals surface area contributed by atoms with Crippen molar-refractivity contribution in [1.29, 1.82) is 0 Å². The largest absolute Gasteiger partial charge is 0.309 e. The van der Waals surface area contributed by atoms with Crippen LogP contribution in [-0.4, -0.2) is 34.9 Å². The number of carbonyl (C=O) groups excluding carboxylic acids is 1. The van der Waals surface area contributed by atoms with Crippen molar-refractivity contribution in [2.24, 2.45) is 7.05 Å². The van der Waals surface area contributed by atoms with Crippen LogP contribution in [0.5, 0.6) is 0 Å². The molecule has 2 N–H and O–H groups in total. The van der Waals surface area contributed by atoms with Gasteiger partial charge in [0.1, 0.15) is 5.82 Å². The Morgan fingerprint density at radius 2 is 1.74 bits per heavy atom. The Morgan fingerprint density at radius 3 is 2.13 bits per heavy atom. The molecule has 1 amide bonds. The summed E-state index contributed by atoms with van der Waals surface area (Å²) >= 11 is 0. The number of aryl methyl sites for hydroxylation is 1. The highest BCUT2D eigenvalue weighted by Crippen LogP contribution is 2.25. The first kappa shape index (κ1) is 19.6. The van der Waals surface area contributed by atoms with E-state index in [0.717, 1.165) is 5.69 Å². The number of rotatable bonds is 5. The maximum absolute atomic E-state index is 12.5. The molecule has 0 spiro atoms. The molecule has 0 fully saturated rings. The lowest BCUT2D eigenvalue weighted by Gasteiger charge is -2.25. The minimum atomic E-state index is -3.80. The second-order valence-corrected chi connectivity index (χ2v) is 9.79. The molecule has 0 aliphatic rings. The van der Waals surface area contributed by atoms with E-state index >= 15 is 0 Å². The van der Waals surface area contributed by atoms with Crippen molar-refractivity contribution in [1.82, 2.24) is 14.5 Å². The van der Waals surface area contributed by atoms with Crippen LogP contribution in [0.15, 0.2) is 6.07 Å². The molecule has 0 unspecified atom stereocenters. The average Bonchev–Trinajstić information content (AvgIpc) is 2.68. The Hall–Kier alpha value is -1.41. The highest BCUT2D eigenvalue weighted by Gasteiger charge is 2.42. The van der Waals surface area contributed by atoms with E-state index in [2.05, 4.69) is 15.1 Å². The van der Waals surface area contributed by atoms with Crippen LogP contribution in [0.2, 0.25) is 0 Å². The number of hydrogen-bond donors (Lipinski definition) is 2. The lowest BCUT2D eigenvalue weighted by Crippen LogP contribution is -2.51. The first-order chi connectivity index (χ1) is 10.2. The van der Waals surface area contributed by atoms with Crippen LogP contribution in [0.25, 0.3) is 0 Å². The Labute approximate surface area is 138 Å². The Kier molecular flexibility index (Phi) is 5.33. The zero-order valence-corrected chi connectivity index (χ0v) is 16.0. The fourth-order valence-electron chi connectivity index (χ4n) is 1.80. The van der Waals surface area contributed by atoms with E-state index in [1.807, 2.05) is 20.8 Å². The zero-order valence-electron chi connectivity index (χ0n) is 15.2. The molecule has 0 saturated heterocycles. The maximum Gasteiger partial charge on any atom is 0.247 e. The van der Waals surface area contributed by atoms with Crippen LogP contribution < -0.4 is 10.0 Å². The molecule has 1 rings (SSSR count). The Morgan fingerprint density at radius 1 is 1.22 bits per heavy atom. The number of nitrogens with zero attached hydrogens (tertiary/aromatic N) is 2. The maximum atomic E-state index is 12.5. The van der Waals surface area contributed by atoms with E-state index in [1.165, 1.54) is 18.5 Å². The Balaban J connectivity index is 3.06. The van der Waals surface area contributed by atoms with Gasteiger partial charge in [-0.3, -0.25) is 9.48 Å². The van der Waals surface area contributed by atoms with Crippen molar-refractivity contribution < 1.29 is 13.2 Å². The normalized spacial score (nSPS) is 13.4. The van der Waals surface area contributed by atoms with Crippen LogP contribution in [0.3, 0.4) is 0 Å². The van der Waals surface area contributed by atoms with Gasteiger partial charge in [0.2, 0.25) is 15.9 Å². The summed E-state index contributed by atoms with van der Waals surface area (Å²) in [7, 11) is -2.10. The first-order valence-corrected chi connectivity index (χ1v) is 9.04. The molecule has 0 radical (unpaired) electrons. The number of sulfonamides is 1. The van der Waals surface area contributed by atoms with Gasteiger partial charge in [-0.25, -0.2) is 13.1 Å². The lowest BCUT2D eigenvalue weighted by atomic mass is 9.92. The van der Waals surface area contributed by atoms with Crippen molar-refractivity contribution in [3.8, 4) is 0 Å². The monoisotopic (exact) mass is 344 g/mol. The molecular weight excluding hydrogens is 316 g/mol. The number of hydrogen-bond acceptors (Lipinski definition) is 4. The molecule has 8 heteroatoms. The summed E-state index contributed by atoms with van der Waals surface area (Å²) in [6, 6.07) is 1.48. The van der Waals surface area contributed by atoms with E-state index in [1.54, 1.807) is 27.0 Å². The van der Waals surface area contributed by atoms with Gasteiger partial charge in [0.05, 0.1) is 5.69 Å². The summed E-state index contributed by atoms with van der Waals surface area (Å²) < 4.78 is 27.1. The summed E-state index contributed by atoms with van der Waals surface area (Å²) in [6.07, 6.45) is 0. The highest BCUT2D eigenvalue weighted by molar-refractivity contribution is 7.91. The van der Waals surface area contributed by atoms with Gasteiger partial charge < -0.3 is 5.32 Å². The molecule has 7 nitrogen and oxygen atoms in total. The van der Waals surface area contributed by atoms with Crippen LogP contribution in [0.4, 0.5) is 5.82 Å². The van der Waals surface area contributed by atoms with Gasteiger partial charge in [0, 0.05) is 24.6 Å². The van der Waals surface area contributed by atoms with Crippen LogP contribution >= 0.6 is 0 Å². The van der Waals surface area contributed by atoms with E-state index in [-0.39, 0.29) is 11.5 Å². The SMILES string of the molecule is CC(C)NS(=O)(=O)C(C)(C)C(=O)Nc1cc(C(C)(C)C)nn1C. The third kappa shape index (κ3) is 4.32. The van der Waals surface area contributed by atoms with Crippen LogP contribution in [0, 0.1) is 0 Å². The van der Waals surface area contributed by atoms with E-state index < -0.39 is 20.7 Å². The molecule has 0 saturated carbocycles. The molecule has 0 aliphatic heterocycles. The van der Waals surface area contributed by atoms with Gasteiger partial charge in [-0.2, -0.15) is 5.10 Å². The van der Waals surface area contributed by atoms with Crippen molar-refractivity contribution in [2.45, 2.75) is 64.7 Å². The molecule has 0 atom stereocenters. The second-order valence-electron chi connectivity index (χ2n) is 7.53. The number of nitrogens with one attached hydrogen (secondary N) is 2. The third-order valence-corrected chi connectivity index (χ3v) is 5.81. The molecule has 23 heavy (non-hydrogen) atoms. The summed E-state index contributed by atoms with van der Waals surface area (Å²) in [5.41, 5.74) is 0.651. The van der Waals surface area contributed by atoms with E-state index in [9.17, 15) is 13.2 Å². The smallest absolute Gasteiger partial charge is 0.247 e. The Bertz CT molecular complexity index is 682. The molecule has 1 aromatic heterocycles. The number of amides is 1. The van der Waals surface area contributed by atoms with E-state index in [0.29, 0.717) is 5.82 Å². The average molecular weight is 344 g/mol. The van der Waals surface area contributed by atoms with Gasteiger partial charge in [-0.1, -0.05) is 20.8 Å². The van der Waals surface area contributed by atoms with Crippen molar-refractivity contribution >= 4 is 21.7 Å². The fraction of sp³-hybridized carbons (Fsp3) is 0.733. The third-order valence-electron chi connectivity index (χ3n) is 3.50. The first-order valence-electron chi connectivity index (χ1n) is 7.56. The summed E-state index contributed by atoms with van der Waals surface area (Å²) in [5, 5.41) is 7.03. The molecule has 132 valence electrons. The van der Waals surface area contributed by atoms with Crippen molar-refractivity contribution in [3.05, 3.63) is 11.8 Å². The standard InChI is InChI=1S/C15H28N4O3S/c1-10(2)18-23(21,22)15(6,7)13(20)16-12-9-11(14(3,4)5)17-19(12)8/h9-10,18H,1-8H3,(H,16,20). The molecule has 1 aromatic rings.